The van der Waals surface area contributed by atoms with Gasteiger partial charge in [0.25, 0.3) is 0 Å². The molecule has 3 rings (SSSR count). The van der Waals surface area contributed by atoms with Crippen molar-refractivity contribution in [2.75, 3.05) is 6.54 Å². The Morgan fingerprint density at radius 3 is 3.15 bits per heavy atom. The van der Waals surface area contributed by atoms with E-state index in [1.807, 2.05) is 0 Å². The molecule has 2 aromatic heterocycles. The molecule has 0 spiro atoms. The number of furan rings is 1. The van der Waals surface area contributed by atoms with Crippen LogP contribution < -0.4 is 0 Å². The highest BCUT2D eigenvalue weighted by Crippen LogP contribution is 2.21. The summed E-state index contributed by atoms with van der Waals surface area (Å²) in [6.45, 7) is 2.11. The van der Waals surface area contributed by atoms with Crippen LogP contribution in [0.3, 0.4) is 0 Å². The SMILES string of the molecule is O=[N+]([O-])c1ccc(CN2CCc3[nH]c(=S)ncc3C2)o1. The predicted molar refractivity (Wildman–Crippen MR) is 72.6 cm³/mol. The summed E-state index contributed by atoms with van der Waals surface area (Å²) in [7, 11) is 0. The molecular formula is C12H12N4O3S. The lowest BCUT2D eigenvalue weighted by atomic mass is 10.1. The molecule has 1 aliphatic heterocycles. The molecule has 0 saturated carbocycles. The summed E-state index contributed by atoms with van der Waals surface area (Å²) in [5.74, 6) is 0.375. The number of hydrogen-bond acceptors (Lipinski definition) is 6. The molecule has 0 radical (unpaired) electrons. The fourth-order valence-corrected chi connectivity index (χ4v) is 2.49. The Hall–Kier alpha value is -2.06. The Morgan fingerprint density at radius 2 is 2.40 bits per heavy atom. The van der Waals surface area contributed by atoms with E-state index in [4.69, 9.17) is 16.6 Å². The Morgan fingerprint density at radius 1 is 1.55 bits per heavy atom. The molecule has 1 aliphatic rings. The third kappa shape index (κ3) is 2.61. The second-order valence-corrected chi connectivity index (χ2v) is 5.04. The number of rotatable bonds is 3. The summed E-state index contributed by atoms with van der Waals surface area (Å²) < 4.78 is 5.67. The highest BCUT2D eigenvalue weighted by Gasteiger charge is 2.19. The number of hydrogen-bond donors (Lipinski definition) is 1. The highest BCUT2D eigenvalue weighted by atomic mass is 32.1. The maximum atomic E-state index is 10.6. The molecule has 3 heterocycles. The molecule has 8 heteroatoms. The quantitative estimate of drug-likeness (QED) is 0.530. The van der Waals surface area contributed by atoms with E-state index in [0.29, 0.717) is 17.1 Å². The van der Waals surface area contributed by atoms with Crippen LogP contribution in [0.2, 0.25) is 0 Å². The van der Waals surface area contributed by atoms with E-state index >= 15 is 0 Å². The molecule has 0 saturated heterocycles. The molecule has 0 bridgehead atoms. The minimum Gasteiger partial charge on any atom is -0.404 e. The van der Waals surface area contributed by atoms with Crippen molar-refractivity contribution in [3.63, 3.8) is 0 Å². The number of aromatic nitrogens is 2. The van der Waals surface area contributed by atoms with Gasteiger partial charge in [-0.15, -0.1) is 0 Å². The van der Waals surface area contributed by atoms with E-state index in [-0.39, 0.29) is 5.88 Å². The maximum absolute atomic E-state index is 10.6. The average molecular weight is 292 g/mol. The number of nitro groups is 1. The summed E-state index contributed by atoms with van der Waals surface area (Å²) in [5.41, 5.74) is 2.22. The summed E-state index contributed by atoms with van der Waals surface area (Å²) in [4.78, 5) is 19.4. The number of nitrogens with zero attached hydrogens (tertiary/aromatic N) is 3. The normalized spacial score (nSPS) is 15.0. The van der Waals surface area contributed by atoms with Gasteiger partial charge in [-0.25, -0.2) is 4.98 Å². The van der Waals surface area contributed by atoms with Crippen LogP contribution in [0.1, 0.15) is 17.0 Å². The molecule has 2 aromatic rings. The van der Waals surface area contributed by atoms with Gasteiger partial charge in [0, 0.05) is 37.0 Å². The van der Waals surface area contributed by atoms with Gasteiger partial charge in [-0.2, -0.15) is 0 Å². The van der Waals surface area contributed by atoms with Crippen molar-refractivity contribution < 1.29 is 9.34 Å². The average Bonchev–Trinajstić information content (AvgIpc) is 2.88. The highest BCUT2D eigenvalue weighted by molar-refractivity contribution is 7.71. The van der Waals surface area contributed by atoms with Gasteiger partial charge < -0.3 is 9.40 Å². The van der Waals surface area contributed by atoms with Crippen molar-refractivity contribution >= 4 is 18.1 Å². The molecule has 0 unspecified atom stereocenters. The van der Waals surface area contributed by atoms with Crippen molar-refractivity contribution in [1.29, 1.82) is 0 Å². The molecule has 20 heavy (non-hydrogen) atoms. The second kappa shape index (κ2) is 5.14. The van der Waals surface area contributed by atoms with Crippen molar-refractivity contribution in [1.82, 2.24) is 14.9 Å². The lowest BCUT2D eigenvalue weighted by molar-refractivity contribution is -0.402. The lowest BCUT2D eigenvalue weighted by Crippen LogP contribution is -2.30. The van der Waals surface area contributed by atoms with Gasteiger partial charge in [0.05, 0.1) is 12.6 Å². The number of fused-ring (bicyclic) bond motifs is 1. The minimum atomic E-state index is -0.529. The molecule has 0 amide bonds. The van der Waals surface area contributed by atoms with Crippen LogP contribution in [0.5, 0.6) is 0 Å². The van der Waals surface area contributed by atoms with Gasteiger partial charge in [-0.1, -0.05) is 0 Å². The van der Waals surface area contributed by atoms with Crippen LogP contribution >= 0.6 is 12.2 Å². The fraction of sp³-hybridized carbons (Fsp3) is 0.333. The molecule has 0 fully saturated rings. The zero-order chi connectivity index (χ0) is 14.1. The van der Waals surface area contributed by atoms with Gasteiger partial charge in [0.1, 0.15) is 10.7 Å². The zero-order valence-corrected chi connectivity index (χ0v) is 11.4. The predicted octanol–water partition coefficient (Wildman–Crippen LogP) is 2.20. The molecule has 0 aromatic carbocycles. The molecule has 1 N–H and O–H groups in total. The van der Waals surface area contributed by atoms with Crippen LogP contribution in [0.15, 0.2) is 22.7 Å². The summed E-state index contributed by atoms with van der Waals surface area (Å²) in [6.07, 6.45) is 2.63. The summed E-state index contributed by atoms with van der Waals surface area (Å²) in [6, 6.07) is 3.02. The first-order valence-corrected chi connectivity index (χ1v) is 6.55. The maximum Gasteiger partial charge on any atom is 0.433 e. The van der Waals surface area contributed by atoms with Crippen molar-refractivity contribution in [3.8, 4) is 0 Å². The van der Waals surface area contributed by atoms with Crippen LogP contribution in [0, 0.1) is 14.9 Å². The van der Waals surface area contributed by atoms with E-state index in [2.05, 4.69) is 14.9 Å². The minimum absolute atomic E-state index is 0.219. The van der Waals surface area contributed by atoms with Crippen LogP contribution in [-0.4, -0.2) is 26.3 Å². The van der Waals surface area contributed by atoms with Gasteiger partial charge in [-0.05, 0) is 18.3 Å². The van der Waals surface area contributed by atoms with Crippen molar-refractivity contribution in [2.45, 2.75) is 19.5 Å². The monoisotopic (exact) mass is 292 g/mol. The fourth-order valence-electron chi connectivity index (χ4n) is 2.31. The summed E-state index contributed by atoms with van der Waals surface area (Å²) >= 11 is 5.00. The second-order valence-electron chi connectivity index (χ2n) is 4.65. The van der Waals surface area contributed by atoms with Gasteiger partial charge in [0.15, 0.2) is 4.77 Å². The number of aromatic amines is 1. The first kappa shape index (κ1) is 12.9. The van der Waals surface area contributed by atoms with E-state index in [0.717, 1.165) is 30.8 Å². The molecular weight excluding hydrogens is 280 g/mol. The molecule has 7 nitrogen and oxygen atoms in total. The molecule has 104 valence electrons. The summed E-state index contributed by atoms with van der Waals surface area (Å²) in [5, 5.41) is 10.6. The first-order chi connectivity index (χ1) is 9.61. The zero-order valence-electron chi connectivity index (χ0n) is 10.5. The van der Waals surface area contributed by atoms with E-state index in [1.165, 1.54) is 6.07 Å². The first-order valence-electron chi connectivity index (χ1n) is 6.14. The standard InChI is InChI=1S/C12H12N4O3S/c17-16(18)11-2-1-9(19-11)7-15-4-3-10-8(6-15)5-13-12(20)14-10/h1-2,5H,3-4,6-7H2,(H,13,14,20). The Labute approximate surface area is 119 Å². The van der Waals surface area contributed by atoms with Crippen LogP contribution in [-0.2, 0) is 19.5 Å². The van der Waals surface area contributed by atoms with Crippen LogP contribution in [0.25, 0.3) is 0 Å². The van der Waals surface area contributed by atoms with Gasteiger partial charge in [-0.3, -0.25) is 15.0 Å². The van der Waals surface area contributed by atoms with Crippen molar-refractivity contribution in [2.24, 2.45) is 0 Å². The smallest absolute Gasteiger partial charge is 0.404 e. The largest absolute Gasteiger partial charge is 0.433 e. The topological polar surface area (TPSA) is 88.2 Å². The van der Waals surface area contributed by atoms with Gasteiger partial charge in [0.2, 0.25) is 0 Å². The Bertz CT molecular complexity index is 709. The van der Waals surface area contributed by atoms with Crippen LogP contribution in [0.4, 0.5) is 5.88 Å². The molecule has 0 atom stereocenters. The molecule has 0 aliphatic carbocycles. The van der Waals surface area contributed by atoms with E-state index in [1.54, 1.807) is 12.3 Å². The van der Waals surface area contributed by atoms with Gasteiger partial charge >= 0.3 is 5.88 Å². The lowest BCUT2D eigenvalue weighted by Gasteiger charge is -2.27. The third-order valence-corrected chi connectivity index (χ3v) is 3.47. The van der Waals surface area contributed by atoms with Crippen molar-refractivity contribution in [3.05, 3.63) is 50.2 Å². The number of H-pyrrole nitrogens is 1. The Balaban J connectivity index is 1.72. The Kier molecular flexibility index (Phi) is 3.33. The van der Waals surface area contributed by atoms with E-state index in [9.17, 15) is 10.1 Å². The number of nitrogens with one attached hydrogen (secondary N) is 1. The third-order valence-electron chi connectivity index (χ3n) is 3.26. The van der Waals surface area contributed by atoms with E-state index < -0.39 is 4.92 Å².